The Morgan fingerprint density at radius 3 is 2.67 bits per heavy atom. The van der Waals surface area contributed by atoms with Crippen molar-refractivity contribution in [2.45, 2.75) is 88.4 Å². The van der Waals surface area contributed by atoms with E-state index in [0.29, 0.717) is 25.2 Å². The second-order valence-corrected chi connectivity index (χ2v) is 12.7. The fraction of sp³-hybridized carbons (Fsp3) is 0.957. The van der Waals surface area contributed by atoms with Gasteiger partial charge in [-0.2, -0.15) is 0 Å². The Morgan fingerprint density at radius 1 is 1.17 bits per heavy atom. The summed E-state index contributed by atoms with van der Waals surface area (Å²) < 4.78 is 19.9. The first-order valence-electron chi connectivity index (χ1n) is 11.8. The zero-order chi connectivity index (χ0) is 20.7. The van der Waals surface area contributed by atoms with Crippen LogP contribution in [-0.4, -0.2) is 65.4 Å². The molecule has 9 fully saturated rings. The molecule has 0 aromatic heterocycles. The second-order valence-electron chi connectivity index (χ2n) is 12.7. The number of ether oxygens (including phenoxy) is 3. The molecule has 5 heterocycles. The molecule has 3 N–H and O–H groups in total. The maximum atomic E-state index is 14.4. The van der Waals surface area contributed by atoms with Gasteiger partial charge in [0.1, 0.15) is 11.5 Å². The average Bonchev–Trinajstić information content (AvgIpc) is 3.55. The number of hydrogen-bond donors (Lipinski definition) is 3. The first-order valence-corrected chi connectivity index (χ1v) is 11.8. The predicted molar refractivity (Wildman–Crippen MR) is 104 cm³/mol. The number of hydrogen-bond acceptors (Lipinski definition) is 7. The number of nitrogens with one attached hydrogen (secondary N) is 2. The number of carbonyl (C=O) groups excluding carboxylic acids is 1. The van der Waals surface area contributed by atoms with Crippen LogP contribution in [-0.2, 0) is 19.0 Å². The molecule has 4 aliphatic carbocycles. The van der Waals surface area contributed by atoms with Gasteiger partial charge in [0.25, 0.3) is 0 Å². The lowest BCUT2D eigenvalue weighted by Gasteiger charge is -2.77. The molecule has 5 unspecified atom stereocenters. The van der Waals surface area contributed by atoms with Crippen LogP contribution in [0.1, 0.15) is 47.0 Å². The molecule has 9 aliphatic rings. The summed E-state index contributed by atoms with van der Waals surface area (Å²) in [5.74, 6) is -1.76. The molecule has 30 heavy (non-hydrogen) atoms. The minimum Gasteiger partial charge on any atom is -0.387 e. The van der Waals surface area contributed by atoms with E-state index in [-0.39, 0.29) is 40.5 Å². The summed E-state index contributed by atoms with van der Waals surface area (Å²) >= 11 is 0. The molecule has 4 bridgehead atoms. The fourth-order valence-corrected chi connectivity index (χ4v) is 10.3. The van der Waals surface area contributed by atoms with Crippen LogP contribution in [0.3, 0.4) is 0 Å². The van der Waals surface area contributed by atoms with Crippen molar-refractivity contribution in [3.8, 4) is 0 Å². The summed E-state index contributed by atoms with van der Waals surface area (Å²) in [7, 11) is 0. The van der Waals surface area contributed by atoms with Gasteiger partial charge in [-0.05, 0) is 44.4 Å². The van der Waals surface area contributed by atoms with Crippen molar-refractivity contribution in [1.29, 1.82) is 0 Å². The highest BCUT2D eigenvalue weighted by Crippen LogP contribution is 2.81. The molecular formula is C23H32N2O5. The van der Waals surface area contributed by atoms with E-state index >= 15 is 0 Å². The molecule has 0 aromatic carbocycles. The lowest BCUT2D eigenvalue weighted by molar-refractivity contribution is -0.529. The van der Waals surface area contributed by atoms with Gasteiger partial charge in [0, 0.05) is 35.9 Å². The van der Waals surface area contributed by atoms with Gasteiger partial charge >= 0.3 is 0 Å². The van der Waals surface area contributed by atoms with Crippen molar-refractivity contribution < 1.29 is 24.1 Å². The number of aliphatic hydroxyl groups excluding tert-OH is 1. The minimum atomic E-state index is -1.32. The Labute approximate surface area is 176 Å². The molecular weight excluding hydrogens is 384 g/mol. The highest BCUT2D eigenvalue weighted by atomic mass is 16.8. The SMILES string of the molecule is CC1(C)O[C@@H]2[C@H]3CCC4[C@@]56CO[C@](O1)([C@@H](O)C5C(C)(C)CC1NC16)[C@]42C(=O)C31CN1. The molecule has 7 nitrogen and oxygen atoms in total. The van der Waals surface area contributed by atoms with Crippen molar-refractivity contribution >= 4 is 5.78 Å². The molecule has 9 rings (SSSR count). The van der Waals surface area contributed by atoms with Crippen LogP contribution >= 0.6 is 0 Å². The van der Waals surface area contributed by atoms with E-state index in [2.05, 4.69) is 24.5 Å². The van der Waals surface area contributed by atoms with Crippen molar-refractivity contribution in [3.63, 3.8) is 0 Å². The lowest BCUT2D eigenvalue weighted by Crippen LogP contribution is -2.88. The fourth-order valence-electron chi connectivity index (χ4n) is 10.3. The standard InChI is InChI=1S/C23H32N2O5/c1-18(2)7-11-14(25-11)20-9-28-23(15(26)13(18)20)22-12(20)6-5-10(21(8-24-21)17(22)27)16(22)29-19(3,4)30-23/h10-16,24-26H,5-9H2,1-4H3/t10-,11?,12?,13?,14?,15+,16-,20+,21?,22-,23+/m1/s1. The molecule has 164 valence electrons. The summed E-state index contributed by atoms with van der Waals surface area (Å²) in [5.41, 5.74) is -1.74. The molecule has 4 spiro atoms. The molecule has 0 amide bonds. The van der Waals surface area contributed by atoms with E-state index in [9.17, 15) is 9.90 Å². The summed E-state index contributed by atoms with van der Waals surface area (Å²) in [4.78, 5) is 14.4. The molecule has 5 saturated heterocycles. The van der Waals surface area contributed by atoms with Gasteiger partial charge in [0.15, 0.2) is 11.6 Å². The normalized spacial score (nSPS) is 67.0. The largest absolute Gasteiger partial charge is 0.387 e. The molecule has 5 aliphatic heterocycles. The summed E-state index contributed by atoms with van der Waals surface area (Å²) in [6, 6.07) is 0.767. The van der Waals surface area contributed by atoms with Gasteiger partial charge in [-0.25, -0.2) is 0 Å². The molecule has 0 radical (unpaired) electrons. The van der Waals surface area contributed by atoms with Gasteiger partial charge in [-0.1, -0.05) is 13.8 Å². The van der Waals surface area contributed by atoms with Crippen LogP contribution in [0.5, 0.6) is 0 Å². The Balaban J connectivity index is 1.45. The van der Waals surface area contributed by atoms with Gasteiger partial charge in [0.05, 0.1) is 18.2 Å². The maximum Gasteiger partial charge on any atom is 0.213 e. The average molecular weight is 417 g/mol. The lowest BCUT2D eigenvalue weighted by atomic mass is 9.36. The summed E-state index contributed by atoms with van der Waals surface area (Å²) in [6.45, 7) is 9.66. The van der Waals surface area contributed by atoms with Gasteiger partial charge in [-0.15, -0.1) is 0 Å². The molecule has 4 saturated carbocycles. The zero-order valence-electron chi connectivity index (χ0n) is 18.2. The van der Waals surface area contributed by atoms with Crippen LogP contribution in [0.15, 0.2) is 0 Å². The van der Waals surface area contributed by atoms with Crippen LogP contribution < -0.4 is 10.6 Å². The summed E-state index contributed by atoms with van der Waals surface area (Å²) in [5, 5.41) is 19.3. The number of carbonyl (C=O) groups is 1. The minimum absolute atomic E-state index is 0.0354. The van der Waals surface area contributed by atoms with E-state index in [4.69, 9.17) is 14.2 Å². The number of fused-ring (bicyclic) bond motifs is 3. The monoisotopic (exact) mass is 416 g/mol. The topological polar surface area (TPSA) is 109 Å². The maximum absolute atomic E-state index is 14.4. The Bertz CT molecular complexity index is 915. The van der Waals surface area contributed by atoms with Crippen LogP contribution in [0, 0.1) is 34.0 Å². The van der Waals surface area contributed by atoms with Gasteiger partial charge in [0.2, 0.25) is 5.79 Å². The van der Waals surface area contributed by atoms with E-state index < -0.39 is 28.6 Å². The second kappa shape index (κ2) is 4.44. The first-order chi connectivity index (χ1) is 14.1. The third-order valence-corrected chi connectivity index (χ3v) is 10.8. The van der Waals surface area contributed by atoms with Gasteiger partial charge in [-0.3, -0.25) is 4.79 Å². The Morgan fingerprint density at radius 2 is 1.93 bits per heavy atom. The third kappa shape index (κ3) is 1.44. The highest BCUT2D eigenvalue weighted by molar-refractivity contribution is 6.02. The van der Waals surface area contributed by atoms with E-state index in [1.165, 1.54) is 0 Å². The predicted octanol–water partition coefficient (Wildman–Crippen LogP) is 0.549. The Hall–Kier alpha value is -0.570. The zero-order valence-corrected chi connectivity index (χ0v) is 18.2. The number of aliphatic hydroxyl groups is 1. The van der Waals surface area contributed by atoms with Crippen molar-refractivity contribution in [3.05, 3.63) is 0 Å². The smallest absolute Gasteiger partial charge is 0.213 e. The number of Topliss-reactive ketones (excluding diaryl/α,β-unsaturated/α-hetero) is 1. The van der Waals surface area contributed by atoms with Crippen molar-refractivity contribution in [1.82, 2.24) is 10.6 Å². The van der Waals surface area contributed by atoms with Crippen LogP contribution in [0.4, 0.5) is 0 Å². The van der Waals surface area contributed by atoms with Crippen molar-refractivity contribution in [2.75, 3.05) is 13.2 Å². The van der Waals surface area contributed by atoms with E-state index in [1.807, 2.05) is 13.8 Å². The van der Waals surface area contributed by atoms with Gasteiger partial charge < -0.3 is 30.0 Å². The summed E-state index contributed by atoms with van der Waals surface area (Å²) in [6.07, 6.45) is 1.91. The third-order valence-electron chi connectivity index (χ3n) is 10.8. The quantitative estimate of drug-likeness (QED) is 0.495. The van der Waals surface area contributed by atoms with E-state index in [0.717, 1.165) is 19.3 Å². The molecule has 0 aromatic rings. The van der Waals surface area contributed by atoms with Crippen LogP contribution in [0.25, 0.3) is 0 Å². The number of rotatable bonds is 0. The molecule has 7 heteroatoms. The first kappa shape index (κ1) is 17.9. The number of ketones is 1. The Kier molecular flexibility index (Phi) is 2.65. The van der Waals surface area contributed by atoms with Crippen molar-refractivity contribution in [2.24, 2.45) is 34.0 Å². The van der Waals surface area contributed by atoms with Crippen LogP contribution in [0.2, 0.25) is 0 Å². The van der Waals surface area contributed by atoms with E-state index in [1.54, 1.807) is 0 Å². The molecule has 11 atom stereocenters. The highest BCUT2D eigenvalue weighted by Gasteiger charge is 2.94.